The van der Waals surface area contributed by atoms with Gasteiger partial charge >= 0.3 is 5.97 Å². The lowest BCUT2D eigenvalue weighted by atomic mass is 9.52. The van der Waals surface area contributed by atoms with Crippen molar-refractivity contribution in [3.05, 3.63) is 70.8 Å². The highest BCUT2D eigenvalue weighted by Crippen LogP contribution is 2.54. The van der Waals surface area contributed by atoms with Crippen molar-refractivity contribution in [2.24, 2.45) is 5.92 Å². The number of nitrogens with one attached hydrogen (secondary N) is 1. The van der Waals surface area contributed by atoms with Gasteiger partial charge in [0.25, 0.3) is 0 Å². The van der Waals surface area contributed by atoms with Crippen LogP contribution in [0.3, 0.4) is 0 Å². The van der Waals surface area contributed by atoms with Crippen molar-refractivity contribution in [3.63, 3.8) is 0 Å². The van der Waals surface area contributed by atoms with Crippen LogP contribution < -0.4 is 5.32 Å². The van der Waals surface area contributed by atoms with E-state index in [4.69, 9.17) is 4.74 Å². The van der Waals surface area contributed by atoms with Gasteiger partial charge in [-0.3, -0.25) is 4.79 Å². The third-order valence-electron chi connectivity index (χ3n) is 10.4. The van der Waals surface area contributed by atoms with Gasteiger partial charge in [0, 0.05) is 17.9 Å². The number of carbonyl (C=O) groups is 1. The average Bonchev–Trinajstić information content (AvgIpc) is 2.99. The molecule has 0 aromatic heterocycles. The Labute approximate surface area is 243 Å². The van der Waals surface area contributed by atoms with E-state index in [1.165, 1.54) is 109 Å². The van der Waals surface area contributed by atoms with Gasteiger partial charge in [0.15, 0.2) is 0 Å². The molecular weight excluding hydrogens is 490 g/mol. The maximum absolute atomic E-state index is 11.9. The molecule has 2 aromatic rings. The first-order chi connectivity index (χ1) is 19.8. The first-order valence-corrected chi connectivity index (χ1v) is 16.8. The standard InChI is InChI=1S/C37H53NO2/c39-36(40-29-30-18-11-10-12-19-30)24-14-9-7-5-3-1-2-4-6-8-13-20-31-21-17-23-33-32(31)28-35-34-22-15-16-25-37(33,34)26-27-38-35/h10-12,17-19,21,23,34-35,38H,1-9,13-16,20,22,24-29H2/t34-,35+,37-/m0/s1. The van der Waals surface area contributed by atoms with E-state index >= 15 is 0 Å². The molecule has 218 valence electrons. The Kier molecular flexibility index (Phi) is 11.2. The SMILES string of the molecule is O=C(CCCCCCCCCCCCCc1cccc2c1C[C@H]1NCC[C@@]23CCCC[C@@H]13)OCc1ccccc1. The molecule has 2 aromatic carbocycles. The summed E-state index contributed by atoms with van der Waals surface area (Å²) in [4.78, 5) is 11.9. The van der Waals surface area contributed by atoms with Crippen LogP contribution in [0, 0.1) is 5.92 Å². The fraction of sp³-hybridized carbons (Fsp3) is 0.649. The van der Waals surface area contributed by atoms with E-state index in [1.807, 2.05) is 30.3 Å². The minimum Gasteiger partial charge on any atom is -0.461 e. The largest absolute Gasteiger partial charge is 0.461 e. The Morgan fingerprint density at radius 3 is 2.30 bits per heavy atom. The number of hydrogen-bond acceptors (Lipinski definition) is 3. The van der Waals surface area contributed by atoms with Crippen molar-refractivity contribution < 1.29 is 9.53 Å². The second-order valence-corrected chi connectivity index (χ2v) is 13.0. The lowest BCUT2D eigenvalue weighted by Crippen LogP contribution is -2.59. The summed E-state index contributed by atoms with van der Waals surface area (Å²) >= 11 is 0. The maximum Gasteiger partial charge on any atom is 0.306 e. The minimum absolute atomic E-state index is 0.0619. The lowest BCUT2D eigenvalue weighted by molar-refractivity contribution is -0.145. The van der Waals surface area contributed by atoms with Gasteiger partial charge in [-0.1, -0.05) is 119 Å². The predicted molar refractivity (Wildman–Crippen MR) is 166 cm³/mol. The Morgan fingerprint density at radius 1 is 0.800 bits per heavy atom. The normalized spacial score (nSPS) is 23.3. The third kappa shape index (κ3) is 7.58. The number of esters is 1. The molecule has 3 aliphatic rings. The van der Waals surface area contributed by atoms with Gasteiger partial charge in [-0.15, -0.1) is 0 Å². The Morgan fingerprint density at radius 2 is 1.52 bits per heavy atom. The first-order valence-electron chi connectivity index (χ1n) is 16.8. The van der Waals surface area contributed by atoms with Crippen LogP contribution in [0.5, 0.6) is 0 Å². The quantitative estimate of drug-likeness (QED) is 0.170. The molecule has 2 fully saturated rings. The molecular formula is C37H53NO2. The molecule has 3 nitrogen and oxygen atoms in total. The van der Waals surface area contributed by atoms with Crippen molar-refractivity contribution in [2.75, 3.05) is 6.54 Å². The number of rotatable bonds is 16. The zero-order valence-corrected chi connectivity index (χ0v) is 24.9. The number of benzene rings is 2. The molecule has 1 N–H and O–H groups in total. The molecule has 1 saturated heterocycles. The number of aryl methyl sites for hydroxylation is 1. The van der Waals surface area contributed by atoms with Crippen molar-refractivity contribution >= 4 is 5.97 Å². The summed E-state index contributed by atoms with van der Waals surface area (Å²) in [6.45, 7) is 1.61. The van der Waals surface area contributed by atoms with Gasteiger partial charge in [-0.25, -0.2) is 0 Å². The van der Waals surface area contributed by atoms with E-state index in [9.17, 15) is 4.79 Å². The van der Waals surface area contributed by atoms with Crippen molar-refractivity contribution in [1.29, 1.82) is 0 Å². The number of ether oxygens (including phenoxy) is 1. The van der Waals surface area contributed by atoms with Gasteiger partial charge < -0.3 is 10.1 Å². The molecule has 0 spiro atoms. The second-order valence-electron chi connectivity index (χ2n) is 13.0. The van der Waals surface area contributed by atoms with Gasteiger partial charge in [0.2, 0.25) is 0 Å². The van der Waals surface area contributed by atoms with Crippen molar-refractivity contribution in [1.82, 2.24) is 5.32 Å². The van der Waals surface area contributed by atoms with E-state index in [-0.39, 0.29) is 5.97 Å². The Balaban J connectivity index is 0.889. The monoisotopic (exact) mass is 543 g/mol. The van der Waals surface area contributed by atoms with E-state index in [0.717, 1.165) is 30.4 Å². The third-order valence-corrected chi connectivity index (χ3v) is 10.4. The van der Waals surface area contributed by atoms with Crippen LogP contribution in [0.1, 0.15) is 131 Å². The number of fused-ring (bicyclic) bond motifs is 1. The highest BCUT2D eigenvalue weighted by molar-refractivity contribution is 5.69. The zero-order chi connectivity index (χ0) is 27.5. The van der Waals surface area contributed by atoms with Crippen LogP contribution >= 0.6 is 0 Å². The van der Waals surface area contributed by atoms with E-state index in [1.54, 1.807) is 16.7 Å². The van der Waals surface area contributed by atoms with Crippen LogP contribution in [0.4, 0.5) is 0 Å². The van der Waals surface area contributed by atoms with Crippen LogP contribution in [-0.2, 0) is 34.4 Å². The molecule has 3 atom stereocenters. The van der Waals surface area contributed by atoms with Gasteiger partial charge in [-0.2, -0.15) is 0 Å². The molecule has 0 radical (unpaired) electrons. The number of unbranched alkanes of at least 4 members (excludes halogenated alkanes) is 10. The fourth-order valence-electron chi connectivity index (χ4n) is 8.25. The summed E-state index contributed by atoms with van der Waals surface area (Å²) in [6.07, 6.45) is 24.4. The molecule has 2 aliphatic carbocycles. The minimum atomic E-state index is -0.0619. The second kappa shape index (κ2) is 15.2. The molecule has 5 rings (SSSR count). The Bertz CT molecular complexity index is 1050. The topological polar surface area (TPSA) is 38.3 Å². The summed E-state index contributed by atoms with van der Waals surface area (Å²) in [7, 11) is 0. The summed E-state index contributed by atoms with van der Waals surface area (Å²) in [5.41, 5.74) is 6.71. The number of piperidine rings is 1. The molecule has 1 saturated carbocycles. The number of hydrogen-bond donors (Lipinski definition) is 1. The van der Waals surface area contributed by atoms with Crippen LogP contribution in [-0.4, -0.2) is 18.6 Å². The molecule has 0 unspecified atom stereocenters. The van der Waals surface area contributed by atoms with Crippen molar-refractivity contribution in [3.8, 4) is 0 Å². The van der Waals surface area contributed by atoms with Crippen LogP contribution in [0.15, 0.2) is 48.5 Å². The first kappa shape index (κ1) is 29.4. The van der Waals surface area contributed by atoms with Crippen molar-refractivity contribution in [2.45, 2.75) is 140 Å². The molecule has 2 bridgehead atoms. The molecule has 0 amide bonds. The fourth-order valence-corrected chi connectivity index (χ4v) is 8.25. The zero-order valence-electron chi connectivity index (χ0n) is 24.9. The highest BCUT2D eigenvalue weighted by atomic mass is 16.5. The molecule has 40 heavy (non-hydrogen) atoms. The summed E-state index contributed by atoms with van der Waals surface area (Å²) in [5, 5.41) is 3.92. The molecule has 1 aliphatic heterocycles. The maximum atomic E-state index is 11.9. The predicted octanol–water partition coefficient (Wildman–Crippen LogP) is 9.00. The summed E-state index contributed by atoms with van der Waals surface area (Å²) < 4.78 is 5.37. The van der Waals surface area contributed by atoms with Gasteiger partial charge in [0.05, 0.1) is 0 Å². The Hall–Kier alpha value is -2.13. The lowest BCUT2D eigenvalue weighted by Gasteiger charge is -2.56. The molecule has 1 heterocycles. The van der Waals surface area contributed by atoms with E-state index < -0.39 is 0 Å². The summed E-state index contributed by atoms with van der Waals surface area (Å²) in [6, 6.07) is 18.0. The van der Waals surface area contributed by atoms with E-state index in [0.29, 0.717) is 18.4 Å². The van der Waals surface area contributed by atoms with Crippen LogP contribution in [0.2, 0.25) is 0 Å². The average molecular weight is 544 g/mol. The summed E-state index contributed by atoms with van der Waals surface area (Å²) in [5.74, 6) is 0.819. The van der Waals surface area contributed by atoms with E-state index in [2.05, 4.69) is 23.5 Å². The van der Waals surface area contributed by atoms with Crippen LogP contribution in [0.25, 0.3) is 0 Å². The van der Waals surface area contributed by atoms with Gasteiger partial charge in [-0.05, 0) is 79.7 Å². The highest BCUT2D eigenvalue weighted by Gasteiger charge is 2.51. The smallest absolute Gasteiger partial charge is 0.306 e. The molecule has 3 heteroatoms. The van der Waals surface area contributed by atoms with Gasteiger partial charge in [0.1, 0.15) is 6.61 Å². The number of carbonyl (C=O) groups excluding carboxylic acids is 1.